The van der Waals surface area contributed by atoms with Crippen LogP contribution in [0.3, 0.4) is 0 Å². The van der Waals surface area contributed by atoms with Crippen molar-refractivity contribution < 1.29 is 17.8 Å². The largest absolute Gasteiger partial charge is 0.419 e. The highest BCUT2D eigenvalue weighted by atomic mass is 32.2. The second-order valence-electron chi connectivity index (χ2n) is 7.08. The fourth-order valence-electron chi connectivity index (χ4n) is 3.45. The first-order valence-electron chi connectivity index (χ1n) is 9.29. The number of oxazole rings is 1. The molecule has 3 aromatic rings. The number of rotatable bonds is 5. The normalized spacial score (nSPS) is 16.2. The molecule has 2 heterocycles. The van der Waals surface area contributed by atoms with Crippen LogP contribution < -0.4 is 10.5 Å². The summed E-state index contributed by atoms with van der Waals surface area (Å²) in [6, 6.07) is 7.91. The number of benzene rings is 2. The fourth-order valence-corrected chi connectivity index (χ4v) is 4.37. The zero-order valence-electron chi connectivity index (χ0n) is 16.2. The lowest BCUT2D eigenvalue weighted by Gasteiger charge is -2.27. The second kappa shape index (κ2) is 8.10. The summed E-state index contributed by atoms with van der Waals surface area (Å²) in [5.41, 5.74) is 2.96. The lowest BCUT2D eigenvalue weighted by Crippen LogP contribution is -2.35. The molecule has 0 amide bonds. The van der Waals surface area contributed by atoms with E-state index in [-0.39, 0.29) is 5.82 Å². The van der Waals surface area contributed by atoms with Gasteiger partial charge in [0.25, 0.3) is 0 Å². The van der Waals surface area contributed by atoms with Gasteiger partial charge in [0.05, 0.1) is 23.6 Å². The minimum atomic E-state index is -1.61. The van der Waals surface area contributed by atoms with Gasteiger partial charge in [-0.3, -0.25) is 9.47 Å². The molecule has 9 heteroatoms. The Hall–Kier alpha value is -2.49. The van der Waals surface area contributed by atoms with Crippen molar-refractivity contribution in [3.05, 3.63) is 57.8 Å². The van der Waals surface area contributed by atoms with Gasteiger partial charge in [0, 0.05) is 38.4 Å². The van der Waals surface area contributed by atoms with Crippen LogP contribution >= 0.6 is 0 Å². The summed E-state index contributed by atoms with van der Waals surface area (Å²) in [5, 5.41) is 0. The number of fused-ring (bicyclic) bond motifs is 1. The van der Waals surface area contributed by atoms with E-state index in [2.05, 4.69) is 9.62 Å². The van der Waals surface area contributed by atoms with E-state index < -0.39 is 16.7 Å². The van der Waals surface area contributed by atoms with E-state index in [1.165, 1.54) is 16.7 Å². The van der Waals surface area contributed by atoms with Gasteiger partial charge in [-0.15, -0.1) is 0 Å². The number of anilines is 1. The Morgan fingerprint density at radius 1 is 1.21 bits per heavy atom. The average Bonchev–Trinajstić information content (AvgIpc) is 2.99. The molecule has 1 unspecified atom stereocenters. The van der Waals surface area contributed by atoms with Crippen LogP contribution in [0.5, 0.6) is 0 Å². The molecule has 4 rings (SSSR count). The van der Waals surface area contributed by atoms with Crippen molar-refractivity contribution in [1.29, 1.82) is 0 Å². The number of ether oxygens (including phenoxy) is 1. The molecule has 2 aromatic carbocycles. The van der Waals surface area contributed by atoms with E-state index in [4.69, 9.17) is 9.15 Å². The molecular formula is C20H22FN3O4S. The summed E-state index contributed by atoms with van der Waals surface area (Å²) in [6.07, 6.45) is 0. The Balaban J connectivity index is 1.69. The SMILES string of the molecule is Cc1cc(NS(=O)c2cc(CN3CCOCC3)c3c(c2)oc(=O)n3C)ccc1F. The molecule has 1 atom stereocenters. The molecule has 0 spiro atoms. The molecule has 0 aliphatic carbocycles. The Labute approximate surface area is 169 Å². The lowest BCUT2D eigenvalue weighted by atomic mass is 10.1. The highest BCUT2D eigenvalue weighted by Crippen LogP contribution is 2.25. The molecule has 154 valence electrons. The molecule has 1 fully saturated rings. The van der Waals surface area contributed by atoms with Gasteiger partial charge in [0.2, 0.25) is 0 Å². The minimum absolute atomic E-state index is 0.318. The van der Waals surface area contributed by atoms with Gasteiger partial charge in [-0.25, -0.2) is 13.4 Å². The molecule has 7 nitrogen and oxygen atoms in total. The first-order valence-corrected chi connectivity index (χ1v) is 10.4. The molecule has 29 heavy (non-hydrogen) atoms. The average molecular weight is 419 g/mol. The summed E-state index contributed by atoms with van der Waals surface area (Å²) < 4.78 is 41.5. The zero-order chi connectivity index (χ0) is 20.5. The number of aryl methyl sites for hydroxylation is 2. The minimum Gasteiger partial charge on any atom is -0.408 e. The van der Waals surface area contributed by atoms with Crippen LogP contribution in [-0.4, -0.2) is 40.0 Å². The first-order chi connectivity index (χ1) is 13.9. The third-order valence-corrected chi connectivity index (χ3v) is 6.10. The topological polar surface area (TPSA) is 76.7 Å². The second-order valence-corrected chi connectivity index (χ2v) is 8.29. The molecule has 1 aromatic heterocycles. The predicted octanol–water partition coefficient (Wildman–Crippen LogP) is 2.55. The van der Waals surface area contributed by atoms with Crippen LogP contribution in [-0.2, 0) is 29.3 Å². The van der Waals surface area contributed by atoms with Gasteiger partial charge in [-0.1, -0.05) is 0 Å². The first kappa shape index (κ1) is 19.8. The van der Waals surface area contributed by atoms with Crippen LogP contribution in [0.4, 0.5) is 10.1 Å². The number of nitrogens with zero attached hydrogens (tertiary/aromatic N) is 2. The zero-order valence-corrected chi connectivity index (χ0v) is 17.1. The molecule has 1 N–H and O–H groups in total. The number of aromatic nitrogens is 1. The molecule has 0 radical (unpaired) electrons. The third kappa shape index (κ3) is 4.12. The van der Waals surface area contributed by atoms with E-state index in [1.807, 2.05) is 6.07 Å². The predicted molar refractivity (Wildman–Crippen MR) is 109 cm³/mol. The van der Waals surface area contributed by atoms with Crippen LogP contribution in [0.2, 0.25) is 0 Å². The van der Waals surface area contributed by atoms with Crippen LogP contribution in [0, 0.1) is 12.7 Å². The van der Waals surface area contributed by atoms with Crippen molar-refractivity contribution in [3.63, 3.8) is 0 Å². The smallest absolute Gasteiger partial charge is 0.408 e. The molecule has 1 saturated heterocycles. The van der Waals surface area contributed by atoms with E-state index in [9.17, 15) is 13.4 Å². The van der Waals surface area contributed by atoms with Crippen LogP contribution in [0.1, 0.15) is 11.1 Å². The van der Waals surface area contributed by atoms with E-state index >= 15 is 0 Å². The summed E-state index contributed by atoms with van der Waals surface area (Å²) in [6.45, 7) is 5.12. The van der Waals surface area contributed by atoms with Crippen LogP contribution in [0.25, 0.3) is 11.1 Å². The monoisotopic (exact) mass is 419 g/mol. The number of hydrogen-bond acceptors (Lipinski definition) is 5. The van der Waals surface area contributed by atoms with Gasteiger partial charge in [0.1, 0.15) is 16.8 Å². The molecule has 1 aliphatic heterocycles. The highest BCUT2D eigenvalue weighted by molar-refractivity contribution is 7.86. The molecule has 1 aliphatic rings. The fraction of sp³-hybridized carbons (Fsp3) is 0.350. The Morgan fingerprint density at radius 2 is 1.97 bits per heavy atom. The molecule has 0 bridgehead atoms. The highest BCUT2D eigenvalue weighted by Gasteiger charge is 2.19. The molecular weight excluding hydrogens is 397 g/mol. The Morgan fingerprint density at radius 3 is 2.69 bits per heavy atom. The summed E-state index contributed by atoms with van der Waals surface area (Å²) in [7, 11) is 0.0535. The van der Waals surface area contributed by atoms with E-state index in [0.717, 1.165) is 18.7 Å². The molecule has 0 saturated carbocycles. The van der Waals surface area contributed by atoms with Gasteiger partial charge in [-0.2, -0.15) is 0 Å². The van der Waals surface area contributed by atoms with E-state index in [0.29, 0.717) is 47.0 Å². The number of hydrogen-bond donors (Lipinski definition) is 1. The maximum absolute atomic E-state index is 13.5. The van der Waals surface area contributed by atoms with Crippen molar-refractivity contribution in [2.75, 3.05) is 31.0 Å². The van der Waals surface area contributed by atoms with E-state index in [1.54, 1.807) is 26.1 Å². The van der Waals surface area contributed by atoms with Crippen molar-refractivity contribution in [2.45, 2.75) is 18.4 Å². The maximum atomic E-state index is 13.5. The van der Waals surface area contributed by atoms with Gasteiger partial charge >= 0.3 is 5.76 Å². The number of halogens is 1. The Kier molecular flexibility index (Phi) is 5.53. The third-order valence-electron chi connectivity index (χ3n) is 5.01. The summed E-state index contributed by atoms with van der Waals surface area (Å²) in [4.78, 5) is 14.8. The number of morpholine rings is 1. The van der Waals surface area contributed by atoms with Gasteiger partial charge < -0.3 is 13.9 Å². The van der Waals surface area contributed by atoms with Gasteiger partial charge in [-0.05, 0) is 42.3 Å². The maximum Gasteiger partial charge on any atom is 0.419 e. The summed E-state index contributed by atoms with van der Waals surface area (Å²) in [5.74, 6) is -0.783. The summed E-state index contributed by atoms with van der Waals surface area (Å²) >= 11 is 0. The van der Waals surface area contributed by atoms with Crippen molar-refractivity contribution in [1.82, 2.24) is 9.47 Å². The lowest BCUT2D eigenvalue weighted by molar-refractivity contribution is 0.0343. The van der Waals surface area contributed by atoms with Crippen molar-refractivity contribution >= 4 is 27.8 Å². The van der Waals surface area contributed by atoms with Gasteiger partial charge in [0.15, 0.2) is 5.58 Å². The Bertz CT molecular complexity index is 1130. The quantitative estimate of drug-likeness (QED) is 0.688. The standard InChI is InChI=1S/C20H22FN3O4S/c1-13-9-15(3-4-17(13)21)22-29(26)16-10-14(12-24-5-7-27-8-6-24)19-18(11-16)28-20(25)23(19)2/h3-4,9-11,22H,5-8,12H2,1-2H3. The van der Waals surface area contributed by atoms with Crippen LogP contribution in [0.15, 0.2) is 44.4 Å². The van der Waals surface area contributed by atoms with Crippen molar-refractivity contribution in [2.24, 2.45) is 7.05 Å². The number of nitrogens with one attached hydrogen (secondary N) is 1. The van der Waals surface area contributed by atoms with Crippen molar-refractivity contribution in [3.8, 4) is 0 Å².